The van der Waals surface area contributed by atoms with Crippen LogP contribution in [-0.4, -0.2) is 78.2 Å². The number of aromatic amines is 1. The maximum Gasteiger partial charge on any atom is 0.410 e. The van der Waals surface area contributed by atoms with Crippen molar-refractivity contribution in [3.63, 3.8) is 0 Å². The summed E-state index contributed by atoms with van der Waals surface area (Å²) in [4.78, 5) is 29.9. The van der Waals surface area contributed by atoms with Gasteiger partial charge in [-0.3, -0.25) is 9.89 Å². The molecule has 0 aliphatic carbocycles. The van der Waals surface area contributed by atoms with Gasteiger partial charge >= 0.3 is 12.7 Å². The third-order valence-electron chi connectivity index (χ3n) is 5.89. The summed E-state index contributed by atoms with van der Waals surface area (Å²) in [5.41, 5.74) is 0.882. The summed E-state index contributed by atoms with van der Waals surface area (Å²) in [6, 6.07) is 5.84. The lowest BCUT2D eigenvalue weighted by Gasteiger charge is -2.32. The quantitative estimate of drug-likeness (QED) is 0.288. The number of piperidine rings is 1. The Labute approximate surface area is 244 Å². The van der Waals surface area contributed by atoms with Gasteiger partial charge in [0, 0.05) is 36.1 Å². The Morgan fingerprint density at radius 2 is 2.05 bits per heavy atom. The van der Waals surface area contributed by atoms with Crippen LogP contribution in [0.4, 0.5) is 19.3 Å². The number of aliphatic hydroxyl groups is 1. The van der Waals surface area contributed by atoms with Crippen LogP contribution >= 0.6 is 11.6 Å². The van der Waals surface area contributed by atoms with Crippen LogP contribution in [0.25, 0.3) is 16.9 Å². The predicted octanol–water partition coefficient (Wildman–Crippen LogP) is 5.00. The SMILES string of the molecule is CC(C)(C)OC(=O)N1CCCC(O)C1.O=C(Nc1cn[nH]c1-c1cc(Cl)ccc1OC(F)F)c1cnn2cccnc12. The van der Waals surface area contributed by atoms with Gasteiger partial charge in [-0.05, 0) is 57.9 Å². The lowest BCUT2D eigenvalue weighted by Crippen LogP contribution is -2.44. The van der Waals surface area contributed by atoms with E-state index in [0.717, 1.165) is 12.8 Å². The van der Waals surface area contributed by atoms with Crippen LogP contribution in [0.15, 0.2) is 49.1 Å². The maximum absolute atomic E-state index is 12.7. The molecule has 1 fully saturated rings. The number of benzene rings is 1. The van der Waals surface area contributed by atoms with Gasteiger partial charge in [-0.25, -0.2) is 14.3 Å². The number of H-pyrrole nitrogens is 1. The zero-order valence-electron chi connectivity index (χ0n) is 23.1. The Kier molecular flexibility index (Phi) is 9.58. The first-order valence-electron chi connectivity index (χ1n) is 12.9. The fourth-order valence-corrected chi connectivity index (χ4v) is 4.28. The number of halogens is 3. The normalized spacial score (nSPS) is 15.2. The number of hydrogen-bond acceptors (Lipinski definition) is 8. The molecule has 4 heterocycles. The summed E-state index contributed by atoms with van der Waals surface area (Å²) in [7, 11) is 0. The van der Waals surface area contributed by atoms with Gasteiger partial charge in [0.2, 0.25) is 0 Å². The molecule has 42 heavy (non-hydrogen) atoms. The highest BCUT2D eigenvalue weighted by Gasteiger charge is 2.26. The number of rotatable bonds is 5. The minimum absolute atomic E-state index is 0.114. The zero-order valence-corrected chi connectivity index (χ0v) is 23.8. The Morgan fingerprint density at radius 1 is 1.26 bits per heavy atom. The molecule has 2 amide bonds. The van der Waals surface area contributed by atoms with Crippen molar-refractivity contribution in [3.05, 3.63) is 59.6 Å². The topological polar surface area (TPSA) is 147 Å². The maximum atomic E-state index is 12.7. The van der Waals surface area contributed by atoms with E-state index in [1.165, 1.54) is 41.3 Å². The number of fused-ring (bicyclic) bond motifs is 1. The van der Waals surface area contributed by atoms with Gasteiger partial charge in [0.05, 0.1) is 29.9 Å². The van der Waals surface area contributed by atoms with Crippen molar-refractivity contribution in [2.24, 2.45) is 0 Å². The monoisotopic (exact) mass is 605 g/mol. The Morgan fingerprint density at radius 3 is 2.76 bits per heavy atom. The molecule has 0 saturated carbocycles. The second kappa shape index (κ2) is 13.1. The molecule has 1 aliphatic rings. The number of nitrogens with one attached hydrogen (secondary N) is 2. The molecule has 1 aliphatic heterocycles. The van der Waals surface area contributed by atoms with E-state index in [1.807, 2.05) is 20.8 Å². The Bertz CT molecular complexity index is 1540. The molecule has 4 aromatic rings. The van der Waals surface area contributed by atoms with Gasteiger partial charge in [0.25, 0.3) is 5.91 Å². The molecule has 1 unspecified atom stereocenters. The van der Waals surface area contributed by atoms with Crippen molar-refractivity contribution in [3.8, 4) is 17.0 Å². The van der Waals surface area contributed by atoms with Crippen LogP contribution in [-0.2, 0) is 4.74 Å². The van der Waals surface area contributed by atoms with E-state index in [2.05, 4.69) is 30.3 Å². The first-order chi connectivity index (χ1) is 19.9. The number of β-amino-alcohol motifs (C(OH)–C–C–N with tert-alkyl or cyclic N) is 1. The van der Waals surface area contributed by atoms with E-state index in [1.54, 1.807) is 17.2 Å². The molecule has 3 N–H and O–H groups in total. The molecular formula is C27H30ClF2N7O5. The minimum Gasteiger partial charge on any atom is -0.444 e. The second-order valence-corrected chi connectivity index (χ2v) is 10.7. The Balaban J connectivity index is 0.000000244. The van der Waals surface area contributed by atoms with Crippen LogP contribution in [0, 0.1) is 0 Å². The van der Waals surface area contributed by atoms with Crippen LogP contribution in [0.2, 0.25) is 5.02 Å². The summed E-state index contributed by atoms with van der Waals surface area (Å²) in [5.74, 6) is -0.605. The largest absolute Gasteiger partial charge is 0.444 e. The van der Waals surface area contributed by atoms with E-state index in [0.29, 0.717) is 23.8 Å². The van der Waals surface area contributed by atoms with E-state index >= 15 is 0 Å². The second-order valence-electron chi connectivity index (χ2n) is 10.3. The molecule has 1 atom stereocenters. The van der Waals surface area contributed by atoms with Crippen molar-refractivity contribution in [2.45, 2.75) is 51.9 Å². The number of nitrogens with zero attached hydrogens (tertiary/aromatic N) is 5. The van der Waals surface area contributed by atoms with Gasteiger partial charge in [-0.2, -0.15) is 19.0 Å². The molecular weight excluding hydrogens is 576 g/mol. The van der Waals surface area contributed by atoms with E-state index in [9.17, 15) is 23.5 Å². The summed E-state index contributed by atoms with van der Waals surface area (Å²) < 4.78 is 36.6. The minimum atomic E-state index is -3.02. The smallest absolute Gasteiger partial charge is 0.410 e. The average Bonchev–Trinajstić information content (AvgIpc) is 3.56. The van der Waals surface area contributed by atoms with Crippen molar-refractivity contribution in [1.82, 2.24) is 29.7 Å². The number of alkyl halides is 2. The van der Waals surface area contributed by atoms with Crippen LogP contribution in [0.3, 0.4) is 0 Å². The highest BCUT2D eigenvalue weighted by molar-refractivity contribution is 6.31. The standard InChI is InChI=1S/C17H11ClF2N6O2.C10H19NO3/c18-9-2-3-13(28-17(19)20)10(6-9)14-12(8-22-25-14)24-16(27)11-7-23-26-5-1-4-21-15(11)26;1-10(2,3)14-9(13)11-6-4-5-8(12)7-11/h1-8,17H,(H,22,25)(H,24,27);8,12H,4-7H2,1-3H3. The van der Waals surface area contributed by atoms with Crippen molar-refractivity contribution >= 4 is 34.9 Å². The number of carbonyl (C=O) groups excluding carboxylic acids is 2. The zero-order chi connectivity index (χ0) is 30.4. The summed E-state index contributed by atoms with van der Waals surface area (Å²) in [6.45, 7) is 3.58. The molecule has 3 aromatic heterocycles. The van der Waals surface area contributed by atoms with Crippen molar-refractivity contribution in [1.29, 1.82) is 0 Å². The number of hydrogen-bond donors (Lipinski definition) is 3. The summed E-state index contributed by atoms with van der Waals surface area (Å²) >= 11 is 5.99. The number of carbonyl (C=O) groups is 2. The number of anilines is 1. The van der Waals surface area contributed by atoms with E-state index < -0.39 is 24.2 Å². The molecule has 1 aromatic carbocycles. The van der Waals surface area contributed by atoms with Gasteiger partial charge in [0.15, 0.2) is 5.65 Å². The predicted molar refractivity (Wildman–Crippen MR) is 150 cm³/mol. The molecule has 12 nitrogen and oxygen atoms in total. The highest BCUT2D eigenvalue weighted by Crippen LogP contribution is 2.36. The van der Waals surface area contributed by atoms with Crippen molar-refractivity contribution < 1.29 is 33.0 Å². The number of ether oxygens (including phenoxy) is 2. The number of aromatic nitrogens is 5. The third kappa shape index (κ3) is 7.91. The molecule has 15 heteroatoms. The molecule has 224 valence electrons. The van der Waals surface area contributed by atoms with E-state index in [-0.39, 0.29) is 34.4 Å². The van der Waals surface area contributed by atoms with Crippen molar-refractivity contribution in [2.75, 3.05) is 18.4 Å². The van der Waals surface area contributed by atoms with Crippen LogP contribution in [0.1, 0.15) is 44.0 Å². The molecule has 0 radical (unpaired) electrons. The lowest BCUT2D eigenvalue weighted by atomic mass is 10.1. The van der Waals surface area contributed by atoms with Gasteiger partial charge < -0.3 is 24.8 Å². The fourth-order valence-electron chi connectivity index (χ4n) is 4.11. The molecule has 0 spiro atoms. The molecule has 5 rings (SSSR count). The summed E-state index contributed by atoms with van der Waals surface area (Å²) in [6.07, 6.45) is 6.83. The van der Waals surface area contributed by atoms with Gasteiger partial charge in [0.1, 0.15) is 16.9 Å². The Hall–Kier alpha value is -4.30. The molecule has 0 bridgehead atoms. The highest BCUT2D eigenvalue weighted by atomic mass is 35.5. The lowest BCUT2D eigenvalue weighted by molar-refractivity contribution is -0.0494. The molecule has 1 saturated heterocycles. The van der Waals surface area contributed by atoms with Crippen LogP contribution < -0.4 is 10.1 Å². The number of likely N-dealkylation sites (tertiary alicyclic amines) is 1. The summed E-state index contributed by atoms with van der Waals surface area (Å²) in [5, 5.41) is 23.0. The average molecular weight is 606 g/mol. The van der Waals surface area contributed by atoms with Gasteiger partial charge in [-0.1, -0.05) is 11.6 Å². The first kappa shape index (κ1) is 30.7. The fraction of sp³-hybridized carbons (Fsp3) is 0.370. The number of amides is 2. The van der Waals surface area contributed by atoms with Crippen LogP contribution in [0.5, 0.6) is 5.75 Å². The first-order valence-corrected chi connectivity index (χ1v) is 13.3. The van der Waals surface area contributed by atoms with E-state index in [4.69, 9.17) is 16.3 Å². The number of aliphatic hydroxyl groups excluding tert-OH is 1. The van der Waals surface area contributed by atoms with Gasteiger partial charge in [-0.15, -0.1) is 0 Å². The third-order valence-corrected chi connectivity index (χ3v) is 6.12.